The number of hydrogen-bond acceptors (Lipinski definition) is 6. The van der Waals surface area contributed by atoms with E-state index in [-0.39, 0.29) is 6.10 Å². The van der Waals surface area contributed by atoms with Crippen LogP contribution in [0.25, 0.3) is 0 Å². The lowest BCUT2D eigenvalue weighted by Gasteiger charge is -2.40. The second-order valence-corrected chi connectivity index (χ2v) is 7.27. The zero-order valence-corrected chi connectivity index (χ0v) is 16.7. The number of H-pyrrole nitrogens is 1. The predicted octanol–water partition coefficient (Wildman–Crippen LogP) is 4.46. The number of benzene rings is 1. The molecule has 2 unspecified atom stereocenters. The van der Waals surface area contributed by atoms with E-state index < -0.39 is 5.79 Å². The lowest BCUT2D eigenvalue weighted by Crippen LogP contribution is -2.45. The topological polar surface area (TPSA) is 74.2 Å². The summed E-state index contributed by atoms with van der Waals surface area (Å²) >= 11 is 11.7. The van der Waals surface area contributed by atoms with E-state index in [0.717, 1.165) is 6.42 Å². The number of ether oxygens (including phenoxy) is 3. The van der Waals surface area contributed by atoms with Crippen LogP contribution in [-0.4, -0.2) is 32.5 Å². The highest BCUT2D eigenvalue weighted by Crippen LogP contribution is 2.38. The summed E-state index contributed by atoms with van der Waals surface area (Å²) in [4.78, 5) is 8.45. The van der Waals surface area contributed by atoms with Gasteiger partial charge in [-0.2, -0.15) is 0 Å². The molecule has 2 atom stereocenters. The molecule has 1 aliphatic heterocycles. The van der Waals surface area contributed by atoms with Crippen LogP contribution >= 0.6 is 23.8 Å². The summed E-state index contributed by atoms with van der Waals surface area (Å²) in [5.41, 5.74) is 0.681. The molecule has 1 saturated heterocycles. The van der Waals surface area contributed by atoms with E-state index in [2.05, 4.69) is 15.1 Å². The van der Waals surface area contributed by atoms with Crippen molar-refractivity contribution in [2.24, 2.45) is 0 Å². The van der Waals surface area contributed by atoms with Gasteiger partial charge in [0.05, 0.1) is 12.7 Å². The number of rotatable bonds is 5. The molecule has 0 amide bonds. The second-order valence-electron chi connectivity index (χ2n) is 6.50. The highest BCUT2D eigenvalue weighted by Gasteiger charge is 2.41. The Morgan fingerprint density at radius 1 is 1.36 bits per heavy atom. The van der Waals surface area contributed by atoms with E-state index in [9.17, 15) is 0 Å². The van der Waals surface area contributed by atoms with E-state index >= 15 is 0 Å². The fourth-order valence-corrected chi connectivity index (χ4v) is 3.42. The van der Waals surface area contributed by atoms with Crippen LogP contribution in [0.5, 0.6) is 11.6 Å². The molecule has 4 rings (SSSR count). The summed E-state index contributed by atoms with van der Waals surface area (Å²) in [5, 5.41) is 3.34. The Labute approximate surface area is 172 Å². The van der Waals surface area contributed by atoms with Crippen molar-refractivity contribution in [3.63, 3.8) is 0 Å². The fourth-order valence-electron chi connectivity index (χ4n) is 3.04. The zero-order valence-electron chi connectivity index (χ0n) is 15.2. The number of aromatic amines is 1. The van der Waals surface area contributed by atoms with Gasteiger partial charge in [0.25, 0.3) is 0 Å². The Kier molecular flexibility index (Phi) is 5.45. The van der Waals surface area contributed by atoms with Crippen LogP contribution < -0.4 is 4.74 Å². The molecule has 0 saturated carbocycles. The van der Waals surface area contributed by atoms with Crippen LogP contribution in [0.15, 0.2) is 48.9 Å². The van der Waals surface area contributed by atoms with Crippen molar-refractivity contribution in [3.8, 4) is 11.6 Å². The molecule has 2 aromatic heterocycles. The van der Waals surface area contributed by atoms with Gasteiger partial charge in [0.1, 0.15) is 23.6 Å². The van der Waals surface area contributed by atoms with Crippen LogP contribution in [0, 0.1) is 4.77 Å². The maximum Gasteiger partial charge on any atom is 0.238 e. The van der Waals surface area contributed by atoms with Crippen LogP contribution in [-0.2, 0) is 21.8 Å². The number of pyridine rings is 1. The quantitative estimate of drug-likeness (QED) is 0.616. The molecule has 3 heterocycles. The summed E-state index contributed by atoms with van der Waals surface area (Å²) in [6, 6.07) is 11.1. The summed E-state index contributed by atoms with van der Waals surface area (Å²) in [5.74, 6) is -0.111. The molecule has 0 spiro atoms. The van der Waals surface area contributed by atoms with Crippen molar-refractivity contribution in [2.75, 3.05) is 6.61 Å². The van der Waals surface area contributed by atoms with Crippen LogP contribution in [0.3, 0.4) is 0 Å². The van der Waals surface area contributed by atoms with Gasteiger partial charge in [0.2, 0.25) is 16.4 Å². The zero-order chi connectivity index (χ0) is 19.6. The van der Waals surface area contributed by atoms with E-state index in [4.69, 9.17) is 38.0 Å². The van der Waals surface area contributed by atoms with Crippen LogP contribution in [0.2, 0.25) is 5.02 Å². The van der Waals surface area contributed by atoms with Gasteiger partial charge >= 0.3 is 0 Å². The molecule has 1 aliphatic rings. The molecule has 9 heteroatoms. The van der Waals surface area contributed by atoms with Crippen molar-refractivity contribution in [1.29, 1.82) is 0 Å². The van der Waals surface area contributed by atoms with E-state index in [0.29, 0.717) is 40.1 Å². The minimum absolute atomic E-state index is 0.00450. The van der Waals surface area contributed by atoms with Crippen molar-refractivity contribution in [1.82, 2.24) is 19.7 Å². The Bertz CT molecular complexity index is 1010. The number of hydrogen-bond donors (Lipinski definition) is 1. The molecular weight excluding hydrogens is 400 g/mol. The molecule has 28 heavy (non-hydrogen) atoms. The van der Waals surface area contributed by atoms with E-state index in [1.165, 1.54) is 6.33 Å². The smallest absolute Gasteiger partial charge is 0.238 e. The average Bonchev–Trinajstić information content (AvgIpc) is 3.08. The normalized spacial score (nSPS) is 22.1. The number of aromatic nitrogens is 4. The van der Waals surface area contributed by atoms with Gasteiger partial charge in [-0.1, -0.05) is 29.8 Å². The molecular formula is C19H19ClN4O3S. The van der Waals surface area contributed by atoms with Gasteiger partial charge in [-0.3, -0.25) is 9.78 Å². The molecule has 146 valence electrons. The van der Waals surface area contributed by atoms with Crippen molar-refractivity contribution in [3.05, 3.63) is 64.3 Å². The van der Waals surface area contributed by atoms with Gasteiger partial charge in [-0.05, 0) is 43.8 Å². The maximum atomic E-state index is 6.46. The van der Waals surface area contributed by atoms with Gasteiger partial charge in [-0.15, -0.1) is 0 Å². The third kappa shape index (κ3) is 3.95. The minimum Gasteiger partial charge on any atom is -0.438 e. The molecule has 7 nitrogen and oxygen atoms in total. The molecule has 1 fully saturated rings. The summed E-state index contributed by atoms with van der Waals surface area (Å²) in [6.07, 6.45) is 3.99. The first-order chi connectivity index (χ1) is 13.6. The van der Waals surface area contributed by atoms with Gasteiger partial charge in [0, 0.05) is 11.8 Å². The molecule has 1 N–H and O–H groups in total. The highest BCUT2D eigenvalue weighted by molar-refractivity contribution is 7.71. The lowest BCUT2D eigenvalue weighted by atomic mass is 10.1. The SMILES string of the molecule is CC1CCOC(Cn2[nH]cnc2=S)(c2cnc(Oc3ccccc3)c(Cl)c2)O1. The first kappa shape index (κ1) is 19.1. The Morgan fingerprint density at radius 2 is 2.18 bits per heavy atom. The molecule has 0 radical (unpaired) electrons. The lowest BCUT2D eigenvalue weighted by molar-refractivity contribution is -0.307. The number of halogens is 1. The average molecular weight is 419 g/mol. The third-order valence-electron chi connectivity index (χ3n) is 4.44. The minimum atomic E-state index is -1.08. The molecule has 0 aliphatic carbocycles. The van der Waals surface area contributed by atoms with Crippen molar-refractivity contribution >= 4 is 23.8 Å². The van der Waals surface area contributed by atoms with Crippen molar-refractivity contribution in [2.45, 2.75) is 31.8 Å². The van der Waals surface area contributed by atoms with Crippen LogP contribution in [0.1, 0.15) is 18.9 Å². The maximum absolute atomic E-state index is 6.46. The fraction of sp³-hybridized carbons (Fsp3) is 0.316. The van der Waals surface area contributed by atoms with Crippen molar-refractivity contribution < 1.29 is 14.2 Å². The molecule has 1 aromatic carbocycles. The first-order valence-electron chi connectivity index (χ1n) is 8.87. The number of para-hydroxylation sites is 1. The summed E-state index contributed by atoms with van der Waals surface area (Å²) in [6.45, 7) is 2.85. The van der Waals surface area contributed by atoms with Crippen LogP contribution in [0.4, 0.5) is 0 Å². The van der Waals surface area contributed by atoms with E-state index in [1.807, 2.05) is 37.3 Å². The largest absolute Gasteiger partial charge is 0.438 e. The number of nitrogens with one attached hydrogen (secondary N) is 1. The Hall–Kier alpha value is -2.26. The first-order valence-corrected chi connectivity index (χ1v) is 9.65. The summed E-state index contributed by atoms with van der Waals surface area (Å²) < 4.78 is 20.2. The predicted molar refractivity (Wildman–Crippen MR) is 106 cm³/mol. The highest BCUT2D eigenvalue weighted by atomic mass is 35.5. The Morgan fingerprint density at radius 3 is 2.86 bits per heavy atom. The number of nitrogens with zero attached hydrogens (tertiary/aromatic N) is 3. The molecule has 0 bridgehead atoms. The van der Waals surface area contributed by atoms with Gasteiger partial charge in [-0.25, -0.2) is 9.97 Å². The van der Waals surface area contributed by atoms with Gasteiger partial charge in [0.15, 0.2) is 0 Å². The Balaban J connectivity index is 1.67. The standard InChI is InChI=1S/C19H19ClN4O3S/c1-13-7-8-25-19(27-13,11-24-18(28)22-12-23-24)14-9-16(20)17(21-10-14)26-15-5-3-2-4-6-15/h2-6,9-10,12-13H,7-8,11H2,1H3,(H,22,23,28). The summed E-state index contributed by atoms with van der Waals surface area (Å²) in [7, 11) is 0. The molecule has 3 aromatic rings. The second kappa shape index (κ2) is 8.00. The van der Waals surface area contributed by atoms with E-state index in [1.54, 1.807) is 16.9 Å². The third-order valence-corrected chi connectivity index (χ3v) is 5.04. The van der Waals surface area contributed by atoms with Gasteiger partial charge < -0.3 is 14.2 Å². The monoisotopic (exact) mass is 418 g/mol.